The van der Waals surface area contributed by atoms with Crippen LogP contribution in [0.3, 0.4) is 0 Å². The third-order valence-corrected chi connectivity index (χ3v) is 2.50. The first-order valence-electron chi connectivity index (χ1n) is 5.60. The van der Waals surface area contributed by atoms with Gasteiger partial charge in [-0.05, 0) is 30.3 Å². The molecular formula is C15H11F3N+. The molecule has 0 bridgehead atoms. The maximum Gasteiger partial charge on any atom is 0.416 e. The number of halogens is 3. The number of alkyl halides is 3. The SMILES string of the molecule is C[n+]1cccc(C#Cc2ccc(C(F)(F)F)cc2)c1. The molecule has 0 N–H and O–H groups in total. The molecule has 19 heavy (non-hydrogen) atoms. The van der Waals surface area contributed by atoms with Crippen molar-refractivity contribution in [1.29, 1.82) is 0 Å². The van der Waals surface area contributed by atoms with E-state index in [0.717, 1.165) is 17.7 Å². The van der Waals surface area contributed by atoms with Crippen LogP contribution in [0.1, 0.15) is 16.7 Å². The number of rotatable bonds is 0. The van der Waals surface area contributed by atoms with Gasteiger partial charge in [-0.15, -0.1) is 0 Å². The summed E-state index contributed by atoms with van der Waals surface area (Å²) in [4.78, 5) is 0. The molecule has 0 saturated heterocycles. The Kier molecular flexibility index (Phi) is 3.57. The van der Waals surface area contributed by atoms with Crippen LogP contribution in [0.5, 0.6) is 0 Å². The lowest BCUT2D eigenvalue weighted by Crippen LogP contribution is -2.26. The minimum Gasteiger partial charge on any atom is -0.207 e. The quantitative estimate of drug-likeness (QED) is 0.507. The van der Waals surface area contributed by atoms with E-state index in [-0.39, 0.29) is 0 Å². The predicted molar refractivity (Wildman–Crippen MR) is 65.0 cm³/mol. The predicted octanol–water partition coefficient (Wildman–Crippen LogP) is 2.93. The number of benzene rings is 1. The molecule has 0 aliphatic carbocycles. The Bertz CT molecular complexity index is 631. The standard InChI is InChI=1S/C15H11F3N/c1-19-10-2-3-13(11-19)5-4-12-6-8-14(9-7-12)15(16,17)18/h2-3,6-11H,1H3/q+1. The molecule has 1 aromatic carbocycles. The van der Waals surface area contributed by atoms with Crippen molar-refractivity contribution in [2.24, 2.45) is 7.05 Å². The zero-order valence-electron chi connectivity index (χ0n) is 10.2. The van der Waals surface area contributed by atoms with E-state index in [0.29, 0.717) is 5.56 Å². The van der Waals surface area contributed by atoms with Crippen LogP contribution in [-0.2, 0) is 13.2 Å². The van der Waals surface area contributed by atoms with Crippen LogP contribution in [0.15, 0.2) is 48.8 Å². The number of nitrogens with zero attached hydrogens (tertiary/aromatic N) is 1. The molecule has 0 aliphatic rings. The fourth-order valence-electron chi connectivity index (χ4n) is 1.55. The van der Waals surface area contributed by atoms with Crippen molar-refractivity contribution in [2.45, 2.75) is 6.18 Å². The van der Waals surface area contributed by atoms with E-state index < -0.39 is 11.7 Å². The molecule has 2 aromatic rings. The summed E-state index contributed by atoms with van der Waals surface area (Å²) in [5.74, 6) is 5.74. The maximum absolute atomic E-state index is 12.4. The lowest BCUT2D eigenvalue weighted by Gasteiger charge is -2.05. The summed E-state index contributed by atoms with van der Waals surface area (Å²) in [6.45, 7) is 0. The van der Waals surface area contributed by atoms with E-state index >= 15 is 0 Å². The molecule has 0 radical (unpaired) electrons. The molecule has 0 unspecified atom stereocenters. The van der Waals surface area contributed by atoms with Crippen molar-refractivity contribution in [3.63, 3.8) is 0 Å². The number of hydrogen-bond acceptors (Lipinski definition) is 0. The van der Waals surface area contributed by atoms with Gasteiger partial charge in [0.1, 0.15) is 7.05 Å². The van der Waals surface area contributed by atoms with Gasteiger partial charge in [-0.3, -0.25) is 0 Å². The number of aryl methyl sites for hydroxylation is 1. The summed E-state index contributed by atoms with van der Waals surface area (Å²) < 4.78 is 39.0. The second-order valence-electron chi connectivity index (χ2n) is 4.08. The molecule has 96 valence electrons. The Labute approximate surface area is 109 Å². The van der Waals surface area contributed by atoms with Gasteiger partial charge in [0.25, 0.3) is 0 Å². The molecule has 0 aliphatic heterocycles. The topological polar surface area (TPSA) is 3.88 Å². The first-order chi connectivity index (χ1) is 8.95. The molecule has 0 atom stereocenters. The highest BCUT2D eigenvalue weighted by atomic mass is 19.4. The highest BCUT2D eigenvalue weighted by Gasteiger charge is 2.29. The second-order valence-corrected chi connectivity index (χ2v) is 4.08. The van der Waals surface area contributed by atoms with Crippen LogP contribution in [0.25, 0.3) is 0 Å². The summed E-state index contributed by atoms with van der Waals surface area (Å²) in [5.41, 5.74) is 0.702. The fraction of sp³-hybridized carbons (Fsp3) is 0.133. The summed E-state index contributed by atoms with van der Waals surface area (Å²) in [6, 6.07) is 8.52. The molecule has 0 spiro atoms. The van der Waals surface area contributed by atoms with E-state index in [9.17, 15) is 13.2 Å². The normalized spacial score (nSPS) is 10.7. The van der Waals surface area contributed by atoms with Crippen molar-refractivity contribution < 1.29 is 17.7 Å². The van der Waals surface area contributed by atoms with E-state index in [4.69, 9.17) is 0 Å². The average molecular weight is 262 g/mol. The lowest BCUT2D eigenvalue weighted by atomic mass is 10.1. The monoisotopic (exact) mass is 262 g/mol. The van der Waals surface area contributed by atoms with Gasteiger partial charge >= 0.3 is 6.18 Å². The molecule has 0 amide bonds. The molecule has 1 nitrogen and oxygen atoms in total. The Hall–Kier alpha value is -2.28. The number of aromatic nitrogens is 1. The van der Waals surface area contributed by atoms with Crippen molar-refractivity contribution in [1.82, 2.24) is 0 Å². The highest BCUT2D eigenvalue weighted by molar-refractivity contribution is 5.42. The lowest BCUT2D eigenvalue weighted by molar-refractivity contribution is -0.671. The van der Waals surface area contributed by atoms with Crippen LogP contribution >= 0.6 is 0 Å². The first kappa shape index (κ1) is 13.2. The first-order valence-corrected chi connectivity index (χ1v) is 5.60. The summed E-state index contributed by atoms with van der Waals surface area (Å²) in [7, 11) is 1.88. The minimum absolute atomic E-state index is 0.555. The summed E-state index contributed by atoms with van der Waals surface area (Å²) >= 11 is 0. The maximum atomic E-state index is 12.4. The Balaban J connectivity index is 2.21. The van der Waals surface area contributed by atoms with Crippen LogP contribution in [0.2, 0.25) is 0 Å². The Morgan fingerprint density at radius 1 is 0.947 bits per heavy atom. The molecule has 4 heteroatoms. The largest absolute Gasteiger partial charge is 0.416 e. The van der Waals surface area contributed by atoms with Gasteiger partial charge in [0.05, 0.1) is 11.1 Å². The summed E-state index contributed by atoms with van der Waals surface area (Å²) in [5, 5.41) is 0. The van der Waals surface area contributed by atoms with Gasteiger partial charge in [0, 0.05) is 11.6 Å². The van der Waals surface area contributed by atoms with Crippen LogP contribution in [-0.4, -0.2) is 0 Å². The molecule has 1 aromatic heterocycles. The fourth-order valence-corrected chi connectivity index (χ4v) is 1.55. The third-order valence-electron chi connectivity index (χ3n) is 2.50. The van der Waals surface area contributed by atoms with E-state index in [1.807, 2.05) is 36.1 Å². The molecule has 1 heterocycles. The van der Waals surface area contributed by atoms with Crippen LogP contribution < -0.4 is 4.57 Å². The van der Waals surface area contributed by atoms with Gasteiger partial charge in [-0.25, -0.2) is 4.57 Å². The zero-order chi connectivity index (χ0) is 13.9. The van der Waals surface area contributed by atoms with Crippen molar-refractivity contribution in [3.8, 4) is 11.8 Å². The van der Waals surface area contributed by atoms with E-state index in [1.54, 1.807) is 0 Å². The van der Waals surface area contributed by atoms with E-state index in [2.05, 4.69) is 11.8 Å². The van der Waals surface area contributed by atoms with Gasteiger partial charge in [0.2, 0.25) is 0 Å². The minimum atomic E-state index is -4.31. The second kappa shape index (κ2) is 5.15. The number of pyridine rings is 1. The average Bonchev–Trinajstić information content (AvgIpc) is 2.36. The molecular weight excluding hydrogens is 251 g/mol. The number of hydrogen-bond donors (Lipinski definition) is 0. The van der Waals surface area contributed by atoms with Crippen molar-refractivity contribution in [3.05, 3.63) is 65.5 Å². The van der Waals surface area contributed by atoms with Gasteiger partial charge in [0.15, 0.2) is 12.4 Å². The molecule has 0 saturated carbocycles. The van der Waals surface area contributed by atoms with Gasteiger partial charge in [-0.1, -0.05) is 11.8 Å². The zero-order valence-corrected chi connectivity index (χ0v) is 10.2. The Morgan fingerprint density at radius 2 is 1.58 bits per heavy atom. The third kappa shape index (κ3) is 3.59. The summed E-state index contributed by atoms with van der Waals surface area (Å²) in [6.07, 6.45) is -0.584. The molecule has 0 fully saturated rings. The smallest absolute Gasteiger partial charge is 0.207 e. The Morgan fingerprint density at radius 3 is 2.16 bits per heavy atom. The van der Waals surface area contributed by atoms with Gasteiger partial charge in [-0.2, -0.15) is 13.2 Å². The van der Waals surface area contributed by atoms with E-state index in [1.165, 1.54) is 12.1 Å². The van der Waals surface area contributed by atoms with Crippen molar-refractivity contribution >= 4 is 0 Å². The van der Waals surface area contributed by atoms with Crippen molar-refractivity contribution in [2.75, 3.05) is 0 Å². The van der Waals surface area contributed by atoms with Crippen LogP contribution in [0.4, 0.5) is 13.2 Å². The highest BCUT2D eigenvalue weighted by Crippen LogP contribution is 2.28. The van der Waals surface area contributed by atoms with Gasteiger partial charge < -0.3 is 0 Å². The van der Waals surface area contributed by atoms with Crippen LogP contribution in [0, 0.1) is 11.8 Å². The molecule has 2 rings (SSSR count).